The zero-order valence-electron chi connectivity index (χ0n) is 4.80. The summed E-state index contributed by atoms with van der Waals surface area (Å²) in [4.78, 5) is 0. The van der Waals surface area contributed by atoms with Gasteiger partial charge in [0.05, 0.1) is 0 Å². The minimum atomic E-state index is 0.493. The molecule has 0 aromatic heterocycles. The molecule has 0 aromatic rings. The number of aliphatic hydroxyl groups excluding tert-OH is 1. The van der Waals surface area contributed by atoms with Gasteiger partial charge in [0.25, 0.3) is 0 Å². The Kier molecular flexibility index (Phi) is 0.372. The molecule has 0 amide bonds. The fraction of sp³-hybridized carbons (Fsp3) is 1.00. The third-order valence-electron chi connectivity index (χ3n) is 3.87. The van der Waals surface area contributed by atoms with E-state index in [1.54, 1.807) is 0 Å². The molecule has 1 N–H and O–H groups in total. The van der Waals surface area contributed by atoms with Crippen LogP contribution in [0.15, 0.2) is 0 Å². The number of hydrogen-bond donors (Lipinski definition) is 1. The minimum absolute atomic E-state index is 0.493. The van der Waals surface area contributed by atoms with Crippen molar-refractivity contribution in [2.24, 2.45) is 23.2 Å². The van der Waals surface area contributed by atoms with Gasteiger partial charge in [0.2, 0.25) is 0 Å². The Morgan fingerprint density at radius 1 is 1.38 bits per heavy atom. The summed E-state index contributed by atoms with van der Waals surface area (Å²) in [6.45, 7) is 0.493. The van der Waals surface area contributed by atoms with E-state index in [4.69, 9.17) is 5.11 Å². The topological polar surface area (TPSA) is 20.2 Å². The molecular formula is C7H10O. The number of fused-ring (bicyclic) bond motifs is 1. The van der Waals surface area contributed by atoms with E-state index in [2.05, 4.69) is 0 Å². The number of rotatable bonds is 1. The summed E-state index contributed by atoms with van der Waals surface area (Å²) >= 11 is 0. The lowest BCUT2D eigenvalue weighted by Crippen LogP contribution is -2.37. The summed E-state index contributed by atoms with van der Waals surface area (Å²) in [5.74, 6) is 2.93. The fourth-order valence-corrected chi connectivity index (χ4v) is 3.19. The third kappa shape index (κ3) is 0.153. The molecule has 2 unspecified atom stereocenters. The normalized spacial score (nSPS) is 72.4. The van der Waals surface area contributed by atoms with E-state index in [-0.39, 0.29) is 0 Å². The summed E-state index contributed by atoms with van der Waals surface area (Å²) in [7, 11) is 0. The predicted molar refractivity (Wildman–Crippen MR) is 29.2 cm³/mol. The van der Waals surface area contributed by atoms with Crippen LogP contribution in [0.2, 0.25) is 0 Å². The fourth-order valence-electron chi connectivity index (χ4n) is 3.19. The molecule has 44 valence electrons. The zero-order valence-corrected chi connectivity index (χ0v) is 4.80. The molecule has 0 bridgehead atoms. The molecule has 8 heavy (non-hydrogen) atoms. The lowest BCUT2D eigenvalue weighted by Gasteiger charge is -2.39. The van der Waals surface area contributed by atoms with Gasteiger partial charge in [0, 0.05) is 12.0 Å². The molecule has 3 rings (SSSR count). The van der Waals surface area contributed by atoms with E-state index in [1.807, 2.05) is 0 Å². The lowest BCUT2D eigenvalue weighted by atomic mass is 9.66. The van der Waals surface area contributed by atoms with Crippen LogP contribution in [0.5, 0.6) is 0 Å². The van der Waals surface area contributed by atoms with Crippen molar-refractivity contribution in [1.29, 1.82) is 0 Å². The van der Waals surface area contributed by atoms with E-state index >= 15 is 0 Å². The van der Waals surface area contributed by atoms with Gasteiger partial charge in [-0.1, -0.05) is 0 Å². The summed E-state index contributed by atoms with van der Waals surface area (Å²) in [6, 6.07) is 0. The molecule has 3 saturated carbocycles. The van der Waals surface area contributed by atoms with Crippen molar-refractivity contribution in [1.82, 2.24) is 0 Å². The van der Waals surface area contributed by atoms with Crippen LogP contribution in [0.3, 0.4) is 0 Å². The predicted octanol–water partition coefficient (Wildman–Crippen LogP) is 0.635. The quantitative estimate of drug-likeness (QED) is 0.525. The van der Waals surface area contributed by atoms with Crippen molar-refractivity contribution >= 4 is 0 Å². The van der Waals surface area contributed by atoms with Crippen LogP contribution in [0, 0.1) is 23.2 Å². The van der Waals surface area contributed by atoms with Crippen molar-refractivity contribution in [3.8, 4) is 0 Å². The van der Waals surface area contributed by atoms with Gasteiger partial charge >= 0.3 is 0 Å². The Morgan fingerprint density at radius 2 is 2.00 bits per heavy atom. The second-order valence-corrected chi connectivity index (χ2v) is 3.65. The Balaban J connectivity index is 2.00. The highest BCUT2D eigenvalue weighted by Gasteiger charge is 2.82. The Hall–Kier alpha value is -0.0400. The van der Waals surface area contributed by atoms with Gasteiger partial charge in [-0.25, -0.2) is 0 Å². The maximum Gasteiger partial charge on any atom is 0.0495 e. The first kappa shape index (κ1) is 3.89. The highest BCUT2D eigenvalue weighted by Crippen LogP contribution is 2.86. The Bertz CT molecular complexity index is 131. The molecule has 0 spiro atoms. The first-order chi connectivity index (χ1) is 3.89. The zero-order chi connectivity index (χ0) is 5.35. The van der Waals surface area contributed by atoms with Crippen molar-refractivity contribution in [2.45, 2.75) is 12.8 Å². The number of aliphatic hydroxyl groups is 1. The van der Waals surface area contributed by atoms with Crippen molar-refractivity contribution in [2.75, 3.05) is 6.61 Å². The van der Waals surface area contributed by atoms with Crippen molar-refractivity contribution in [3.05, 3.63) is 0 Å². The maximum absolute atomic E-state index is 8.89. The van der Waals surface area contributed by atoms with E-state index < -0.39 is 0 Å². The minimum Gasteiger partial charge on any atom is -0.396 e. The molecule has 0 aliphatic heterocycles. The first-order valence-electron chi connectivity index (χ1n) is 3.50. The molecule has 0 radical (unpaired) electrons. The summed E-state index contributed by atoms with van der Waals surface area (Å²) in [6.07, 6.45) is 2.90. The molecule has 3 aliphatic carbocycles. The molecule has 2 atom stereocenters. The van der Waals surface area contributed by atoms with Crippen LogP contribution in [0.1, 0.15) is 12.8 Å². The van der Waals surface area contributed by atoms with Gasteiger partial charge in [0.1, 0.15) is 0 Å². The van der Waals surface area contributed by atoms with E-state index in [0.717, 1.165) is 17.8 Å². The lowest BCUT2D eigenvalue weighted by molar-refractivity contribution is 0.0227. The van der Waals surface area contributed by atoms with Crippen LogP contribution in [-0.4, -0.2) is 11.7 Å². The van der Waals surface area contributed by atoms with Crippen LogP contribution in [-0.2, 0) is 0 Å². The summed E-state index contributed by atoms with van der Waals surface area (Å²) in [5, 5.41) is 8.89. The Labute approximate surface area is 48.7 Å². The molecule has 0 aromatic carbocycles. The van der Waals surface area contributed by atoms with E-state index in [1.165, 1.54) is 12.8 Å². The first-order valence-corrected chi connectivity index (χ1v) is 3.50. The average molecular weight is 110 g/mol. The number of hydrogen-bond acceptors (Lipinski definition) is 1. The SMILES string of the molecule is OCC12C3CC1C2C3. The van der Waals surface area contributed by atoms with Gasteiger partial charge < -0.3 is 5.11 Å². The second-order valence-electron chi connectivity index (χ2n) is 3.65. The molecule has 1 heteroatoms. The van der Waals surface area contributed by atoms with Crippen molar-refractivity contribution in [3.63, 3.8) is 0 Å². The molecule has 0 heterocycles. The largest absolute Gasteiger partial charge is 0.396 e. The van der Waals surface area contributed by atoms with Gasteiger partial charge in [-0.05, 0) is 30.6 Å². The molecule has 3 fully saturated rings. The summed E-state index contributed by atoms with van der Waals surface area (Å²) in [5.41, 5.74) is 0.542. The van der Waals surface area contributed by atoms with Crippen LogP contribution >= 0.6 is 0 Å². The second kappa shape index (κ2) is 0.766. The highest BCUT2D eigenvalue weighted by atomic mass is 16.3. The maximum atomic E-state index is 8.89. The van der Waals surface area contributed by atoms with Crippen LogP contribution in [0.4, 0.5) is 0 Å². The van der Waals surface area contributed by atoms with Gasteiger partial charge in [-0.2, -0.15) is 0 Å². The molecule has 1 nitrogen and oxygen atoms in total. The van der Waals surface area contributed by atoms with E-state index in [9.17, 15) is 0 Å². The molecule has 0 saturated heterocycles. The van der Waals surface area contributed by atoms with E-state index in [0.29, 0.717) is 12.0 Å². The smallest absolute Gasteiger partial charge is 0.0495 e. The third-order valence-corrected chi connectivity index (χ3v) is 3.87. The van der Waals surface area contributed by atoms with Crippen molar-refractivity contribution < 1.29 is 5.11 Å². The van der Waals surface area contributed by atoms with Gasteiger partial charge in [-0.3, -0.25) is 0 Å². The molecule has 3 aliphatic rings. The molecular weight excluding hydrogens is 100 g/mol. The Morgan fingerprint density at radius 3 is 2.12 bits per heavy atom. The average Bonchev–Trinajstić information content (AvgIpc) is 2.13. The van der Waals surface area contributed by atoms with Gasteiger partial charge in [-0.15, -0.1) is 0 Å². The van der Waals surface area contributed by atoms with Crippen LogP contribution < -0.4 is 0 Å². The standard InChI is InChI=1S/C7H10O/c8-3-7-4-1-5(7)6(7)2-4/h4-6,8H,1-3H2. The van der Waals surface area contributed by atoms with Crippen LogP contribution in [0.25, 0.3) is 0 Å². The summed E-state index contributed by atoms with van der Waals surface area (Å²) < 4.78 is 0. The highest BCUT2D eigenvalue weighted by molar-refractivity contribution is 5.30. The monoisotopic (exact) mass is 110 g/mol. The van der Waals surface area contributed by atoms with Gasteiger partial charge in [0.15, 0.2) is 0 Å².